The molecule has 1 aromatic rings. The maximum absolute atomic E-state index is 11.9. The molecule has 0 aliphatic carbocycles. The highest BCUT2D eigenvalue weighted by Crippen LogP contribution is 2.21. The van der Waals surface area contributed by atoms with Crippen molar-refractivity contribution in [3.8, 4) is 0 Å². The molecule has 7 nitrogen and oxygen atoms in total. The molecule has 0 bridgehead atoms. The zero-order valence-corrected chi connectivity index (χ0v) is 13.5. The van der Waals surface area contributed by atoms with Crippen LogP contribution in [0.5, 0.6) is 0 Å². The Morgan fingerprint density at radius 1 is 1.17 bits per heavy atom. The summed E-state index contributed by atoms with van der Waals surface area (Å²) in [7, 11) is 0. The van der Waals surface area contributed by atoms with Crippen molar-refractivity contribution >= 4 is 17.7 Å². The summed E-state index contributed by atoms with van der Waals surface area (Å²) in [5, 5.41) is 12.6. The Morgan fingerprint density at radius 3 is 2.17 bits per heavy atom. The SMILES string of the molecule is CC(=O)OCc1ccc(C(O)=C(N=O)C(=O)OC(C)(C)C)cc1. The van der Waals surface area contributed by atoms with Crippen molar-refractivity contribution in [3.63, 3.8) is 0 Å². The number of carbonyl (C=O) groups excluding carboxylic acids is 2. The number of nitroso groups, excluding NO2 is 1. The highest BCUT2D eigenvalue weighted by molar-refractivity contribution is 5.95. The van der Waals surface area contributed by atoms with Crippen molar-refractivity contribution in [2.24, 2.45) is 5.18 Å². The van der Waals surface area contributed by atoms with Crippen molar-refractivity contribution in [1.29, 1.82) is 0 Å². The summed E-state index contributed by atoms with van der Waals surface area (Å²) in [4.78, 5) is 33.5. The molecule has 0 spiro atoms. The summed E-state index contributed by atoms with van der Waals surface area (Å²) in [6, 6.07) is 6.13. The van der Waals surface area contributed by atoms with Gasteiger partial charge in [-0.1, -0.05) is 24.3 Å². The van der Waals surface area contributed by atoms with Gasteiger partial charge >= 0.3 is 11.9 Å². The summed E-state index contributed by atoms with van der Waals surface area (Å²) in [6.45, 7) is 6.29. The van der Waals surface area contributed by atoms with E-state index < -0.39 is 29.0 Å². The first kappa shape index (κ1) is 18.3. The Hall–Kier alpha value is -2.70. The van der Waals surface area contributed by atoms with Crippen molar-refractivity contribution < 1.29 is 24.2 Å². The number of hydrogen-bond acceptors (Lipinski definition) is 7. The summed E-state index contributed by atoms with van der Waals surface area (Å²) < 4.78 is 9.85. The van der Waals surface area contributed by atoms with Crippen molar-refractivity contribution in [2.75, 3.05) is 0 Å². The third-order valence-electron chi connectivity index (χ3n) is 2.58. The molecule has 1 N–H and O–H groups in total. The Balaban J connectivity index is 2.99. The Kier molecular flexibility index (Phi) is 6.01. The van der Waals surface area contributed by atoms with Crippen LogP contribution in [0.1, 0.15) is 38.8 Å². The van der Waals surface area contributed by atoms with E-state index in [9.17, 15) is 19.6 Å². The number of esters is 2. The molecular weight excluding hydrogens is 302 g/mol. The van der Waals surface area contributed by atoms with Gasteiger partial charge in [0.25, 0.3) is 0 Å². The number of carbonyl (C=O) groups is 2. The number of hydrogen-bond donors (Lipinski definition) is 1. The lowest BCUT2D eigenvalue weighted by Crippen LogP contribution is -2.25. The molecule has 0 amide bonds. The zero-order valence-electron chi connectivity index (χ0n) is 13.5. The number of nitrogens with zero attached hydrogens (tertiary/aromatic N) is 1. The molecule has 1 aromatic carbocycles. The minimum Gasteiger partial charge on any atom is -0.505 e. The second-order valence-corrected chi connectivity index (χ2v) is 5.77. The largest absolute Gasteiger partial charge is 0.505 e. The fourth-order valence-corrected chi connectivity index (χ4v) is 1.58. The van der Waals surface area contributed by atoms with E-state index in [4.69, 9.17) is 9.47 Å². The van der Waals surface area contributed by atoms with E-state index in [0.717, 1.165) is 0 Å². The van der Waals surface area contributed by atoms with Gasteiger partial charge in [-0.25, -0.2) is 4.79 Å². The number of benzene rings is 1. The molecule has 0 unspecified atom stereocenters. The van der Waals surface area contributed by atoms with Crippen LogP contribution < -0.4 is 0 Å². The molecule has 0 fully saturated rings. The van der Waals surface area contributed by atoms with Crippen molar-refractivity contribution in [3.05, 3.63) is 46.0 Å². The van der Waals surface area contributed by atoms with Crippen LogP contribution in [0.2, 0.25) is 0 Å². The molecule has 0 heterocycles. The number of rotatable bonds is 5. The molecule has 0 aromatic heterocycles. The highest BCUT2D eigenvalue weighted by Gasteiger charge is 2.24. The maximum atomic E-state index is 11.9. The fourth-order valence-electron chi connectivity index (χ4n) is 1.58. The third kappa shape index (κ3) is 5.90. The van der Waals surface area contributed by atoms with Gasteiger partial charge in [-0.15, -0.1) is 4.91 Å². The standard InChI is InChI=1S/C16H19NO6/c1-10(18)22-9-11-5-7-12(8-6-11)14(19)13(17-21)15(20)23-16(2,3)4/h5-8,19H,9H2,1-4H3. The van der Waals surface area contributed by atoms with Gasteiger partial charge in [0, 0.05) is 12.5 Å². The number of aliphatic hydroxyl groups is 1. The molecular formula is C16H19NO6. The van der Waals surface area contributed by atoms with E-state index in [2.05, 4.69) is 5.18 Å². The van der Waals surface area contributed by atoms with Gasteiger partial charge in [-0.2, -0.15) is 0 Å². The predicted molar refractivity (Wildman–Crippen MR) is 83.1 cm³/mol. The second-order valence-electron chi connectivity index (χ2n) is 5.77. The highest BCUT2D eigenvalue weighted by atomic mass is 16.6. The van der Waals surface area contributed by atoms with E-state index in [1.807, 2.05) is 0 Å². The topological polar surface area (TPSA) is 102 Å². The molecule has 0 saturated heterocycles. The number of ether oxygens (including phenoxy) is 2. The first-order chi connectivity index (χ1) is 10.6. The van der Waals surface area contributed by atoms with E-state index in [1.54, 1.807) is 32.9 Å². The summed E-state index contributed by atoms with van der Waals surface area (Å²) >= 11 is 0. The zero-order chi connectivity index (χ0) is 17.6. The number of aliphatic hydroxyl groups excluding tert-OH is 1. The Morgan fingerprint density at radius 2 is 1.74 bits per heavy atom. The minimum atomic E-state index is -1.01. The molecule has 124 valence electrons. The van der Waals surface area contributed by atoms with Crippen LogP contribution in [0.15, 0.2) is 35.1 Å². The molecule has 0 aliphatic rings. The van der Waals surface area contributed by atoms with Gasteiger partial charge in [0.1, 0.15) is 12.2 Å². The lowest BCUT2D eigenvalue weighted by molar-refractivity contribution is -0.150. The quantitative estimate of drug-likeness (QED) is 0.387. The molecule has 7 heteroatoms. The summed E-state index contributed by atoms with van der Waals surface area (Å²) in [5.41, 5.74) is -0.611. The first-order valence-corrected chi connectivity index (χ1v) is 6.86. The van der Waals surface area contributed by atoms with Gasteiger partial charge < -0.3 is 14.6 Å². The molecule has 0 atom stereocenters. The van der Waals surface area contributed by atoms with Gasteiger partial charge in [0.15, 0.2) is 5.76 Å². The van der Waals surface area contributed by atoms with Crippen LogP contribution >= 0.6 is 0 Å². The van der Waals surface area contributed by atoms with E-state index in [1.165, 1.54) is 19.1 Å². The average Bonchev–Trinajstić information content (AvgIpc) is 2.44. The lowest BCUT2D eigenvalue weighted by Gasteiger charge is -2.19. The average molecular weight is 321 g/mol. The Bertz CT molecular complexity index is 625. The van der Waals surface area contributed by atoms with Crippen LogP contribution in [-0.2, 0) is 25.7 Å². The lowest BCUT2D eigenvalue weighted by atomic mass is 10.1. The summed E-state index contributed by atoms with van der Waals surface area (Å²) in [5.74, 6) is -1.99. The second kappa shape index (κ2) is 7.53. The smallest absolute Gasteiger partial charge is 0.365 e. The van der Waals surface area contributed by atoms with E-state index >= 15 is 0 Å². The van der Waals surface area contributed by atoms with Crippen LogP contribution in [0.4, 0.5) is 0 Å². The van der Waals surface area contributed by atoms with E-state index in [0.29, 0.717) is 5.56 Å². The van der Waals surface area contributed by atoms with Crippen LogP contribution in [0.25, 0.3) is 5.76 Å². The van der Waals surface area contributed by atoms with Crippen molar-refractivity contribution in [1.82, 2.24) is 0 Å². The summed E-state index contributed by atoms with van der Waals surface area (Å²) in [6.07, 6.45) is 0. The first-order valence-electron chi connectivity index (χ1n) is 6.86. The normalized spacial score (nSPS) is 12.2. The van der Waals surface area contributed by atoms with Gasteiger partial charge in [-0.05, 0) is 31.5 Å². The third-order valence-corrected chi connectivity index (χ3v) is 2.58. The minimum absolute atomic E-state index is 0.0882. The molecule has 1 rings (SSSR count). The van der Waals surface area contributed by atoms with E-state index in [-0.39, 0.29) is 12.2 Å². The molecule has 0 radical (unpaired) electrons. The monoisotopic (exact) mass is 321 g/mol. The maximum Gasteiger partial charge on any atom is 0.365 e. The molecule has 0 saturated carbocycles. The van der Waals surface area contributed by atoms with Gasteiger partial charge in [-0.3, -0.25) is 4.79 Å². The predicted octanol–water partition coefficient (Wildman–Crippen LogP) is 3.08. The van der Waals surface area contributed by atoms with Crippen LogP contribution in [0.3, 0.4) is 0 Å². The molecule has 0 aliphatic heterocycles. The Labute approximate surface area is 133 Å². The fraction of sp³-hybridized carbons (Fsp3) is 0.375. The van der Waals surface area contributed by atoms with Gasteiger partial charge in [0.2, 0.25) is 5.70 Å². The molecule has 23 heavy (non-hydrogen) atoms. The van der Waals surface area contributed by atoms with Crippen molar-refractivity contribution in [2.45, 2.75) is 39.9 Å². The van der Waals surface area contributed by atoms with Crippen LogP contribution in [0, 0.1) is 4.91 Å². The van der Waals surface area contributed by atoms with Gasteiger partial charge in [0.05, 0.1) is 0 Å². The van der Waals surface area contributed by atoms with Crippen LogP contribution in [-0.4, -0.2) is 22.6 Å².